The molecule has 2 aliphatic rings. The maximum Gasteiger partial charge on any atom is 0.256 e. The fourth-order valence-electron chi connectivity index (χ4n) is 15.2. The summed E-state index contributed by atoms with van der Waals surface area (Å²) in [6, 6.07) is 88.9. The number of nitrogens with zero attached hydrogens (tertiary/aromatic N) is 3. The molecule has 438 valence electrons. The Morgan fingerprint density at radius 2 is 0.945 bits per heavy atom. The highest BCUT2D eigenvalue weighted by Gasteiger charge is 2.44. The molecule has 0 unspecified atom stereocenters. The Balaban J connectivity index is 0.944. The molecule has 7 heteroatoms. The van der Waals surface area contributed by atoms with Crippen molar-refractivity contribution in [3.8, 4) is 45.1 Å². The van der Waals surface area contributed by atoms with Crippen molar-refractivity contribution < 1.29 is 9.15 Å². The molecule has 0 atom stereocenters. The molecule has 0 saturated heterocycles. The molecule has 0 spiro atoms. The standard InChI is InChI=1S/C84H66BN3O2S/c1-82(2,3)51-30-37-68(61(44-51)49-20-11-10-12-21-49)88-71-47-54(86-69-38-31-52(83(4,5)6)45-62(69)63-46-53(84(7,8)9)32-39-70(63)86)33-35-64(71)85-65-36-34-55(87-66-27-16-13-22-57(66)58-23-14-17-28-67(58)87)48-75(65)90-76-43-50(42-72(88)80(76)85)56-25-19-26-60-79-77(91-81(56)60)41-40-74-78(79)59-24-15-18-29-73(59)89-74/h10-48H,1-9H3. The van der Waals surface area contributed by atoms with Crippen molar-refractivity contribution >= 4 is 137 Å². The van der Waals surface area contributed by atoms with Gasteiger partial charge in [-0.05, 0) is 163 Å². The summed E-state index contributed by atoms with van der Waals surface area (Å²) in [5.74, 6) is 1.70. The van der Waals surface area contributed by atoms with Crippen LogP contribution in [0.1, 0.15) is 79.0 Å². The van der Waals surface area contributed by atoms with Gasteiger partial charge in [0.1, 0.15) is 22.7 Å². The first-order chi connectivity index (χ1) is 44.0. The van der Waals surface area contributed by atoms with Crippen LogP contribution in [0.2, 0.25) is 0 Å². The summed E-state index contributed by atoms with van der Waals surface area (Å²) < 4.78 is 21.6. The molecular formula is C84H66BN3O2S. The Kier molecular flexibility index (Phi) is 11.4. The summed E-state index contributed by atoms with van der Waals surface area (Å²) in [4.78, 5) is 2.60. The molecule has 0 bridgehead atoms. The molecular weight excluding hydrogens is 1130 g/mol. The Hall–Kier alpha value is -10.1. The number of aromatic nitrogens is 2. The molecule has 6 heterocycles. The van der Waals surface area contributed by atoms with Crippen LogP contribution in [0.3, 0.4) is 0 Å². The zero-order chi connectivity index (χ0) is 61.6. The van der Waals surface area contributed by atoms with Gasteiger partial charge < -0.3 is 23.2 Å². The predicted molar refractivity (Wildman–Crippen MR) is 388 cm³/mol. The fourth-order valence-corrected chi connectivity index (χ4v) is 16.5. The van der Waals surface area contributed by atoms with Crippen LogP contribution in [0.25, 0.3) is 119 Å². The van der Waals surface area contributed by atoms with Gasteiger partial charge in [-0.15, -0.1) is 11.3 Å². The average Bonchev–Trinajstić information content (AvgIpc) is 1.26. The number of ether oxygens (including phenoxy) is 1. The summed E-state index contributed by atoms with van der Waals surface area (Å²) in [6.45, 7) is 20.7. The van der Waals surface area contributed by atoms with E-state index in [1.165, 1.54) is 80.5 Å². The number of para-hydroxylation sites is 3. The van der Waals surface area contributed by atoms with Gasteiger partial charge in [0.2, 0.25) is 0 Å². The quantitative estimate of drug-likeness (QED) is 0.161. The van der Waals surface area contributed by atoms with Crippen LogP contribution in [-0.2, 0) is 16.2 Å². The summed E-state index contributed by atoms with van der Waals surface area (Å²) in [7, 11) is 0. The van der Waals surface area contributed by atoms with Crippen molar-refractivity contribution in [1.82, 2.24) is 9.13 Å². The van der Waals surface area contributed by atoms with Gasteiger partial charge in [0, 0.05) is 86.9 Å². The van der Waals surface area contributed by atoms with Crippen molar-refractivity contribution in [2.75, 3.05) is 4.90 Å². The van der Waals surface area contributed by atoms with E-state index in [-0.39, 0.29) is 23.0 Å². The lowest BCUT2D eigenvalue weighted by Crippen LogP contribution is -2.59. The highest BCUT2D eigenvalue weighted by molar-refractivity contribution is 7.26. The Morgan fingerprint density at radius 1 is 0.363 bits per heavy atom. The van der Waals surface area contributed by atoms with Crippen molar-refractivity contribution in [3.05, 3.63) is 253 Å². The van der Waals surface area contributed by atoms with E-state index >= 15 is 0 Å². The van der Waals surface area contributed by atoms with Crippen LogP contribution in [-0.4, -0.2) is 15.8 Å². The Labute approximate surface area is 534 Å². The van der Waals surface area contributed by atoms with Gasteiger partial charge in [-0.25, -0.2) is 0 Å². The minimum absolute atomic E-state index is 0.0331. The zero-order valence-electron chi connectivity index (χ0n) is 52.7. The largest absolute Gasteiger partial charge is 0.458 e. The maximum absolute atomic E-state index is 7.69. The highest BCUT2D eigenvalue weighted by Crippen LogP contribution is 2.51. The van der Waals surface area contributed by atoms with E-state index in [0.29, 0.717) is 0 Å². The minimum Gasteiger partial charge on any atom is -0.458 e. The third-order valence-electron chi connectivity index (χ3n) is 19.8. The Bertz CT molecular complexity index is 5650. The second-order valence-corrected chi connectivity index (χ2v) is 29.5. The number of fused-ring (bicyclic) bond motifs is 17. The topological polar surface area (TPSA) is 35.5 Å². The molecule has 12 aromatic carbocycles. The average molecular weight is 1190 g/mol. The van der Waals surface area contributed by atoms with Gasteiger partial charge in [0.25, 0.3) is 6.71 Å². The van der Waals surface area contributed by atoms with Crippen molar-refractivity contribution in [2.24, 2.45) is 0 Å². The normalized spacial score (nSPS) is 13.4. The first-order valence-electron chi connectivity index (χ1n) is 32.0. The first kappa shape index (κ1) is 53.9. The van der Waals surface area contributed by atoms with E-state index in [1.54, 1.807) is 0 Å². The molecule has 0 radical (unpaired) electrons. The van der Waals surface area contributed by atoms with Crippen LogP contribution in [0.4, 0.5) is 17.1 Å². The SMILES string of the molecule is CC(C)(C)c1ccc(N2c3cc(-n4c5ccc(C(C)(C)C)cc5c5cc(C(C)(C)C)ccc54)ccc3B3c4ccc(-n5c6ccccc6c6ccccc65)cc4Oc4cc(-c5cccc6c5sc5ccc7oc8ccccc8c7c56)cc2c43)c(-c2ccccc2)c1. The fraction of sp³-hybridized carbons (Fsp3) is 0.143. The molecule has 18 rings (SSSR count). The van der Waals surface area contributed by atoms with Gasteiger partial charge in [-0.3, -0.25) is 0 Å². The van der Waals surface area contributed by atoms with Crippen molar-refractivity contribution in [3.63, 3.8) is 0 Å². The molecule has 5 nitrogen and oxygen atoms in total. The maximum atomic E-state index is 7.69. The van der Waals surface area contributed by atoms with E-state index in [1.807, 2.05) is 11.3 Å². The van der Waals surface area contributed by atoms with Gasteiger partial charge >= 0.3 is 0 Å². The van der Waals surface area contributed by atoms with Gasteiger partial charge in [0.15, 0.2) is 0 Å². The van der Waals surface area contributed by atoms with Crippen LogP contribution in [0.5, 0.6) is 11.5 Å². The van der Waals surface area contributed by atoms with E-state index in [4.69, 9.17) is 9.15 Å². The number of thiophene rings is 1. The van der Waals surface area contributed by atoms with E-state index in [2.05, 4.69) is 313 Å². The predicted octanol–water partition coefficient (Wildman–Crippen LogP) is 21.8. The lowest BCUT2D eigenvalue weighted by molar-refractivity contribution is 0.487. The molecule has 0 N–H and O–H groups in total. The molecule has 0 saturated carbocycles. The van der Waals surface area contributed by atoms with Crippen LogP contribution in [0, 0.1) is 0 Å². The van der Waals surface area contributed by atoms with E-state index in [9.17, 15) is 0 Å². The monoisotopic (exact) mass is 1190 g/mol. The number of anilines is 3. The third kappa shape index (κ3) is 8.09. The summed E-state index contributed by atoms with van der Waals surface area (Å²) in [5, 5.41) is 9.73. The number of benzene rings is 12. The molecule has 16 aromatic rings. The van der Waals surface area contributed by atoms with Crippen molar-refractivity contribution in [1.29, 1.82) is 0 Å². The first-order valence-corrected chi connectivity index (χ1v) is 32.8. The lowest BCUT2D eigenvalue weighted by atomic mass is 9.34. The molecule has 2 aliphatic heterocycles. The molecule has 0 aliphatic carbocycles. The second kappa shape index (κ2) is 19.2. The zero-order valence-corrected chi connectivity index (χ0v) is 53.5. The number of hydrogen-bond acceptors (Lipinski definition) is 4. The van der Waals surface area contributed by atoms with Gasteiger partial charge in [-0.2, -0.15) is 0 Å². The van der Waals surface area contributed by atoms with Crippen LogP contribution in [0.15, 0.2) is 241 Å². The number of furan rings is 1. The smallest absolute Gasteiger partial charge is 0.256 e. The molecule has 4 aromatic heterocycles. The van der Waals surface area contributed by atoms with E-state index in [0.717, 1.165) is 101 Å². The summed E-state index contributed by atoms with van der Waals surface area (Å²) in [6.07, 6.45) is 0. The molecule has 91 heavy (non-hydrogen) atoms. The number of rotatable bonds is 5. The van der Waals surface area contributed by atoms with Crippen molar-refractivity contribution in [2.45, 2.75) is 78.6 Å². The van der Waals surface area contributed by atoms with Crippen LogP contribution >= 0.6 is 11.3 Å². The summed E-state index contributed by atoms with van der Waals surface area (Å²) >= 11 is 1.86. The van der Waals surface area contributed by atoms with Gasteiger partial charge in [-0.1, -0.05) is 196 Å². The van der Waals surface area contributed by atoms with E-state index < -0.39 is 0 Å². The molecule has 0 amide bonds. The minimum atomic E-state index is -0.186. The molecule has 0 fully saturated rings. The lowest BCUT2D eigenvalue weighted by Gasteiger charge is -2.41. The van der Waals surface area contributed by atoms with Gasteiger partial charge in [0.05, 0.1) is 27.8 Å². The Morgan fingerprint density at radius 3 is 1.63 bits per heavy atom. The second-order valence-electron chi connectivity index (χ2n) is 28.5. The summed E-state index contributed by atoms with van der Waals surface area (Å²) in [5.41, 5.74) is 23.8. The highest BCUT2D eigenvalue weighted by atomic mass is 32.1. The number of hydrogen-bond donors (Lipinski definition) is 0. The van der Waals surface area contributed by atoms with Crippen LogP contribution < -0.4 is 26.0 Å². The third-order valence-corrected chi connectivity index (χ3v) is 21.0.